The first-order chi connectivity index (χ1) is 12.6. The van der Waals surface area contributed by atoms with E-state index in [1.165, 1.54) is 0 Å². The Morgan fingerprint density at radius 2 is 1.70 bits per heavy atom. The number of esters is 1. The van der Waals surface area contributed by atoms with Crippen LogP contribution in [0.1, 0.15) is 66.2 Å². The summed E-state index contributed by atoms with van der Waals surface area (Å²) in [5.41, 5.74) is -1.06. The summed E-state index contributed by atoms with van der Waals surface area (Å²) in [5.74, 6) is 0.00782. The predicted molar refractivity (Wildman–Crippen MR) is 94.9 cm³/mol. The number of hydrogen-bond acceptors (Lipinski definition) is 6. The summed E-state index contributed by atoms with van der Waals surface area (Å²) >= 11 is 0. The molecule has 0 aromatic rings. The minimum atomic E-state index is -0.551. The maximum absolute atomic E-state index is 12.1. The molecule has 7 atom stereocenters. The summed E-state index contributed by atoms with van der Waals surface area (Å²) in [4.78, 5) is 23.9. The van der Waals surface area contributed by atoms with Crippen LogP contribution in [-0.2, 0) is 23.7 Å². The van der Waals surface area contributed by atoms with Gasteiger partial charge < -0.3 is 18.9 Å². The molecule has 5 rings (SSSR count). The molecule has 3 aliphatic heterocycles. The lowest BCUT2D eigenvalue weighted by molar-refractivity contribution is -0.279. The molecular weight excluding hydrogens is 348 g/mol. The smallest absolute Gasteiger partial charge is 0.463 e. The van der Waals surface area contributed by atoms with Crippen LogP contribution in [0.2, 0.25) is 0 Å². The molecule has 2 aliphatic carbocycles. The summed E-state index contributed by atoms with van der Waals surface area (Å²) < 4.78 is 23.7. The van der Waals surface area contributed by atoms with Crippen molar-refractivity contribution < 1.29 is 28.5 Å². The molecule has 6 heteroatoms. The molecule has 2 spiro atoms. The van der Waals surface area contributed by atoms with Gasteiger partial charge >= 0.3 is 12.1 Å². The van der Waals surface area contributed by atoms with Crippen molar-refractivity contribution in [2.75, 3.05) is 6.61 Å². The molecule has 0 N–H and O–H groups in total. The van der Waals surface area contributed by atoms with Crippen LogP contribution in [-0.4, -0.2) is 42.1 Å². The van der Waals surface area contributed by atoms with Gasteiger partial charge in [-0.3, -0.25) is 4.79 Å². The monoisotopic (exact) mass is 378 g/mol. The van der Waals surface area contributed by atoms with E-state index in [-0.39, 0.29) is 40.8 Å². The van der Waals surface area contributed by atoms with Crippen LogP contribution in [0.4, 0.5) is 4.79 Å². The predicted octanol–water partition coefficient (Wildman–Crippen LogP) is 3.61. The number of fused-ring (bicyclic) bond motifs is 4. The third kappa shape index (κ3) is 2.11. The van der Waals surface area contributed by atoms with Crippen LogP contribution in [0.15, 0.2) is 0 Å². The van der Waals surface area contributed by atoms with Crippen molar-refractivity contribution in [2.24, 2.45) is 22.7 Å². The Kier molecular flexibility index (Phi) is 3.42. The molecule has 3 heterocycles. The molecule has 27 heavy (non-hydrogen) atoms. The van der Waals surface area contributed by atoms with Crippen LogP contribution < -0.4 is 0 Å². The Balaban J connectivity index is 1.62. The van der Waals surface area contributed by atoms with Gasteiger partial charge in [0.15, 0.2) is 0 Å². The first-order valence-electron chi connectivity index (χ1n) is 10.4. The Hall–Kier alpha value is -1.30. The highest BCUT2D eigenvalue weighted by molar-refractivity contribution is 5.73. The van der Waals surface area contributed by atoms with Gasteiger partial charge in [0.25, 0.3) is 0 Å². The van der Waals surface area contributed by atoms with Crippen molar-refractivity contribution in [3.05, 3.63) is 0 Å². The topological polar surface area (TPSA) is 71.1 Å². The van der Waals surface area contributed by atoms with Gasteiger partial charge in [0.2, 0.25) is 0 Å². The number of carbonyl (C=O) groups is 2. The van der Waals surface area contributed by atoms with E-state index in [4.69, 9.17) is 18.9 Å². The number of carbonyl (C=O) groups excluding carboxylic acids is 2. The molecule has 0 unspecified atom stereocenters. The fourth-order valence-electron chi connectivity index (χ4n) is 7.61. The minimum absolute atomic E-state index is 0.0131. The summed E-state index contributed by atoms with van der Waals surface area (Å²) in [5, 5.41) is 0. The van der Waals surface area contributed by atoms with Crippen molar-refractivity contribution in [1.82, 2.24) is 0 Å². The van der Waals surface area contributed by atoms with E-state index in [1.807, 2.05) is 0 Å². The van der Waals surface area contributed by atoms with Crippen LogP contribution in [0.25, 0.3) is 0 Å². The Labute approximate surface area is 160 Å². The molecule has 0 radical (unpaired) electrons. The Bertz CT molecular complexity index is 703. The molecule has 150 valence electrons. The van der Waals surface area contributed by atoms with E-state index in [0.29, 0.717) is 13.0 Å². The highest BCUT2D eigenvalue weighted by atomic mass is 16.8. The van der Waals surface area contributed by atoms with Crippen molar-refractivity contribution in [3.63, 3.8) is 0 Å². The molecule has 0 aromatic carbocycles. The average Bonchev–Trinajstić information content (AvgIpc) is 3.24. The van der Waals surface area contributed by atoms with Gasteiger partial charge in [-0.15, -0.1) is 0 Å². The highest BCUT2D eigenvalue weighted by Crippen LogP contribution is 2.69. The standard InChI is InChI=1S/C21H30O6/c1-12-14-15(26-17(23)25-14)16-18(2,3)6-5-7-19(16,4)21(12)9-8-20(27-21)10-13(22)24-11-20/h12,14-16H,5-11H2,1-4H3/t12-,14-,15-,16+,19+,20+,21-/m1/s1. The van der Waals surface area contributed by atoms with E-state index < -0.39 is 17.4 Å². The zero-order chi connectivity index (χ0) is 19.2. The summed E-state index contributed by atoms with van der Waals surface area (Å²) in [6, 6.07) is 0. The third-order valence-corrected chi connectivity index (χ3v) is 8.67. The van der Waals surface area contributed by atoms with Crippen molar-refractivity contribution in [3.8, 4) is 0 Å². The van der Waals surface area contributed by atoms with E-state index in [9.17, 15) is 9.59 Å². The molecule has 0 aromatic heterocycles. The third-order valence-electron chi connectivity index (χ3n) is 8.67. The van der Waals surface area contributed by atoms with Gasteiger partial charge in [-0.2, -0.15) is 0 Å². The largest absolute Gasteiger partial charge is 0.509 e. The van der Waals surface area contributed by atoms with Gasteiger partial charge in [-0.1, -0.05) is 34.1 Å². The number of cyclic esters (lactones) is 1. The fraction of sp³-hybridized carbons (Fsp3) is 0.905. The fourth-order valence-corrected chi connectivity index (χ4v) is 7.61. The molecular formula is C21H30O6. The minimum Gasteiger partial charge on any atom is -0.463 e. The van der Waals surface area contributed by atoms with Crippen LogP contribution >= 0.6 is 0 Å². The number of ether oxygens (including phenoxy) is 4. The van der Waals surface area contributed by atoms with Gasteiger partial charge in [0.1, 0.15) is 24.4 Å². The lowest BCUT2D eigenvalue weighted by Crippen LogP contribution is -2.70. The SMILES string of the molecule is C[C@@H]1[C@H]2OC(=O)O[C@H]2[C@H]2C(C)(C)CCC[C@]2(C)[C@@]12CC[C@]1(COC(=O)C1)O2. The molecule has 5 aliphatic rings. The molecule has 3 saturated heterocycles. The molecule has 5 fully saturated rings. The van der Waals surface area contributed by atoms with E-state index >= 15 is 0 Å². The second-order valence-electron chi connectivity index (χ2n) is 10.5. The van der Waals surface area contributed by atoms with E-state index in [0.717, 1.165) is 32.1 Å². The quantitative estimate of drug-likeness (QED) is 0.600. The van der Waals surface area contributed by atoms with Crippen molar-refractivity contribution >= 4 is 12.1 Å². The summed E-state index contributed by atoms with van der Waals surface area (Å²) in [7, 11) is 0. The maximum atomic E-state index is 12.1. The maximum Gasteiger partial charge on any atom is 0.509 e. The van der Waals surface area contributed by atoms with E-state index in [1.54, 1.807) is 0 Å². The first kappa shape index (κ1) is 17.8. The Morgan fingerprint density at radius 3 is 2.41 bits per heavy atom. The van der Waals surface area contributed by atoms with Crippen molar-refractivity contribution in [2.45, 2.75) is 89.6 Å². The number of hydrogen-bond donors (Lipinski definition) is 0. The van der Waals surface area contributed by atoms with Crippen molar-refractivity contribution in [1.29, 1.82) is 0 Å². The average molecular weight is 378 g/mol. The summed E-state index contributed by atoms with van der Waals surface area (Å²) in [6.07, 6.45) is 4.23. The van der Waals surface area contributed by atoms with Crippen LogP contribution in [0, 0.1) is 22.7 Å². The second-order valence-corrected chi connectivity index (χ2v) is 10.5. The second kappa shape index (κ2) is 5.19. The Morgan fingerprint density at radius 1 is 0.963 bits per heavy atom. The van der Waals surface area contributed by atoms with Gasteiger partial charge in [-0.05, 0) is 31.1 Å². The molecule has 2 saturated carbocycles. The van der Waals surface area contributed by atoms with Crippen LogP contribution in [0.5, 0.6) is 0 Å². The molecule has 0 amide bonds. The van der Waals surface area contributed by atoms with E-state index in [2.05, 4.69) is 27.7 Å². The lowest BCUT2D eigenvalue weighted by Gasteiger charge is -2.65. The van der Waals surface area contributed by atoms with Gasteiger partial charge in [-0.25, -0.2) is 4.79 Å². The summed E-state index contributed by atoms with van der Waals surface area (Å²) in [6.45, 7) is 9.38. The van der Waals surface area contributed by atoms with Gasteiger partial charge in [0.05, 0.1) is 12.0 Å². The molecule has 0 bridgehead atoms. The lowest BCUT2D eigenvalue weighted by atomic mass is 9.43. The normalized spacial score (nSPS) is 53.0. The van der Waals surface area contributed by atoms with Gasteiger partial charge in [0, 0.05) is 17.3 Å². The number of rotatable bonds is 0. The first-order valence-corrected chi connectivity index (χ1v) is 10.4. The molecule has 6 nitrogen and oxygen atoms in total. The zero-order valence-electron chi connectivity index (χ0n) is 16.7. The zero-order valence-corrected chi connectivity index (χ0v) is 16.7. The van der Waals surface area contributed by atoms with Crippen LogP contribution in [0.3, 0.4) is 0 Å². The highest BCUT2D eigenvalue weighted by Gasteiger charge is 2.74.